The SMILES string of the molecule is Cc1cnc(C)c(O)c1C(=O)[P+](O)(O)O. The van der Waals surface area contributed by atoms with E-state index >= 15 is 0 Å². The van der Waals surface area contributed by atoms with Gasteiger partial charge < -0.3 is 5.11 Å². The summed E-state index contributed by atoms with van der Waals surface area (Å²) in [7, 11) is -4.63. The number of carbonyl (C=O) groups excluding carboxylic acids is 1. The summed E-state index contributed by atoms with van der Waals surface area (Å²) in [5.74, 6) is -0.443. The van der Waals surface area contributed by atoms with E-state index in [4.69, 9.17) is 14.7 Å². The lowest BCUT2D eigenvalue weighted by atomic mass is 10.1. The number of aromatic nitrogens is 1. The van der Waals surface area contributed by atoms with Gasteiger partial charge in [-0.25, -0.2) is 4.79 Å². The minimum Gasteiger partial charge on any atom is -0.505 e. The van der Waals surface area contributed by atoms with Crippen LogP contribution in [0.2, 0.25) is 0 Å². The van der Waals surface area contributed by atoms with Gasteiger partial charge in [-0.2, -0.15) is 14.7 Å². The maximum absolute atomic E-state index is 11.4. The Kier molecular flexibility index (Phi) is 3.06. The summed E-state index contributed by atoms with van der Waals surface area (Å²) in [5.41, 5.74) is -1.13. The number of aromatic hydroxyl groups is 1. The molecule has 0 spiro atoms. The maximum atomic E-state index is 11.4. The second-order valence-electron chi connectivity index (χ2n) is 3.12. The Morgan fingerprint density at radius 2 is 1.87 bits per heavy atom. The zero-order valence-corrected chi connectivity index (χ0v) is 9.06. The monoisotopic (exact) mass is 232 g/mol. The summed E-state index contributed by atoms with van der Waals surface area (Å²) in [6.45, 7) is 2.92. The van der Waals surface area contributed by atoms with Gasteiger partial charge in [-0.3, -0.25) is 4.98 Å². The minimum atomic E-state index is -4.63. The minimum absolute atomic E-state index is 0.178. The van der Waals surface area contributed by atoms with Gasteiger partial charge in [-0.05, 0) is 19.4 Å². The summed E-state index contributed by atoms with van der Waals surface area (Å²) in [5, 5.41) is 9.51. The number of hydrogen-bond donors (Lipinski definition) is 4. The van der Waals surface area contributed by atoms with E-state index in [9.17, 15) is 9.90 Å². The van der Waals surface area contributed by atoms with Crippen LogP contribution in [0.3, 0.4) is 0 Å². The molecule has 1 heterocycles. The zero-order chi connectivity index (χ0) is 11.8. The standard InChI is InChI=1S/C8H10NO5P/c1-4-3-9-5(2)7(10)6(4)8(11)15(12,13)14/h3,12-14H,1-2H3/p+1. The van der Waals surface area contributed by atoms with E-state index in [1.165, 1.54) is 20.0 Å². The normalized spacial score (nSPS) is 11.5. The number of pyridine rings is 1. The van der Waals surface area contributed by atoms with Gasteiger partial charge in [0.25, 0.3) is 0 Å². The van der Waals surface area contributed by atoms with Crippen molar-refractivity contribution in [1.82, 2.24) is 4.98 Å². The molecule has 0 fully saturated rings. The van der Waals surface area contributed by atoms with Crippen LogP contribution in [0.4, 0.5) is 0 Å². The van der Waals surface area contributed by atoms with Crippen LogP contribution >= 0.6 is 7.94 Å². The smallest absolute Gasteiger partial charge is 0.484 e. The summed E-state index contributed by atoms with van der Waals surface area (Å²) < 4.78 is 0. The van der Waals surface area contributed by atoms with Gasteiger partial charge in [0.05, 0.1) is 5.69 Å². The first-order valence-corrected chi connectivity index (χ1v) is 5.67. The molecule has 0 unspecified atom stereocenters. The molecule has 7 heteroatoms. The van der Waals surface area contributed by atoms with E-state index in [1.54, 1.807) is 0 Å². The van der Waals surface area contributed by atoms with Crippen LogP contribution in [0.15, 0.2) is 6.20 Å². The molecule has 0 aromatic carbocycles. The number of rotatable bonds is 2. The molecule has 4 N–H and O–H groups in total. The summed E-state index contributed by atoms with van der Waals surface area (Å²) in [6.07, 6.45) is 1.30. The molecule has 0 atom stereocenters. The van der Waals surface area contributed by atoms with Crippen LogP contribution in [-0.2, 0) is 0 Å². The topological polar surface area (TPSA) is 111 Å². The highest BCUT2D eigenvalue weighted by atomic mass is 31.2. The van der Waals surface area contributed by atoms with Crippen molar-refractivity contribution in [2.24, 2.45) is 0 Å². The third kappa shape index (κ3) is 2.30. The van der Waals surface area contributed by atoms with Crippen LogP contribution < -0.4 is 0 Å². The molecule has 0 bridgehead atoms. The Morgan fingerprint density at radius 3 is 2.33 bits per heavy atom. The molecule has 1 aromatic heterocycles. The largest absolute Gasteiger partial charge is 0.505 e. The van der Waals surface area contributed by atoms with Crippen molar-refractivity contribution in [3.63, 3.8) is 0 Å². The van der Waals surface area contributed by atoms with Gasteiger partial charge in [0.1, 0.15) is 5.56 Å². The van der Waals surface area contributed by atoms with Gasteiger partial charge in [-0.15, -0.1) is 0 Å². The predicted molar refractivity (Wildman–Crippen MR) is 53.3 cm³/mol. The second kappa shape index (κ2) is 3.83. The van der Waals surface area contributed by atoms with Crippen molar-refractivity contribution in [3.05, 3.63) is 23.0 Å². The third-order valence-electron chi connectivity index (χ3n) is 1.91. The molecule has 6 nitrogen and oxygen atoms in total. The molecule has 0 amide bonds. The molecule has 0 aliphatic heterocycles. The van der Waals surface area contributed by atoms with Crippen LogP contribution in [-0.4, -0.2) is 30.3 Å². The van der Waals surface area contributed by atoms with Crippen molar-refractivity contribution in [2.75, 3.05) is 0 Å². The van der Waals surface area contributed by atoms with E-state index in [0.29, 0.717) is 0 Å². The zero-order valence-electron chi connectivity index (χ0n) is 8.17. The van der Waals surface area contributed by atoms with Crippen LogP contribution in [0, 0.1) is 13.8 Å². The molecule has 0 saturated carbocycles. The van der Waals surface area contributed by atoms with E-state index < -0.39 is 19.2 Å². The van der Waals surface area contributed by atoms with Crippen LogP contribution in [0.25, 0.3) is 0 Å². The molecule has 0 aliphatic carbocycles. The van der Waals surface area contributed by atoms with Crippen molar-refractivity contribution in [3.8, 4) is 5.75 Å². The number of nitrogens with zero attached hydrogens (tertiary/aromatic N) is 1. The van der Waals surface area contributed by atoms with Gasteiger partial charge in [0.2, 0.25) is 0 Å². The molecule has 0 radical (unpaired) electrons. The van der Waals surface area contributed by atoms with Gasteiger partial charge >= 0.3 is 13.5 Å². The molecular weight excluding hydrogens is 221 g/mol. The Labute approximate surface area is 86.4 Å². The lowest BCUT2D eigenvalue weighted by Gasteiger charge is -2.08. The fourth-order valence-corrected chi connectivity index (χ4v) is 1.69. The van der Waals surface area contributed by atoms with E-state index in [1.807, 2.05) is 0 Å². The fraction of sp³-hybridized carbons (Fsp3) is 0.250. The van der Waals surface area contributed by atoms with Gasteiger partial charge in [0, 0.05) is 6.20 Å². The predicted octanol–water partition coefficient (Wildman–Crippen LogP) is 0.284. The molecule has 82 valence electrons. The quantitative estimate of drug-likeness (QED) is 0.545. The average Bonchev–Trinajstić information content (AvgIpc) is 2.10. The van der Waals surface area contributed by atoms with E-state index in [2.05, 4.69) is 4.98 Å². The molecule has 15 heavy (non-hydrogen) atoms. The highest BCUT2D eigenvalue weighted by Crippen LogP contribution is 2.50. The molecule has 0 aliphatic rings. The van der Waals surface area contributed by atoms with Gasteiger partial charge in [-0.1, -0.05) is 0 Å². The molecule has 0 saturated heterocycles. The highest BCUT2D eigenvalue weighted by Gasteiger charge is 2.46. The van der Waals surface area contributed by atoms with E-state index in [0.717, 1.165) is 0 Å². The molecule has 1 aromatic rings. The van der Waals surface area contributed by atoms with Crippen molar-refractivity contribution >= 4 is 13.5 Å². The Balaban J connectivity index is 3.38. The first-order valence-electron chi connectivity index (χ1n) is 4.02. The van der Waals surface area contributed by atoms with E-state index in [-0.39, 0.29) is 16.8 Å². The maximum Gasteiger partial charge on any atom is 0.484 e. The lowest BCUT2D eigenvalue weighted by Crippen LogP contribution is -2.09. The van der Waals surface area contributed by atoms with Crippen LogP contribution in [0.5, 0.6) is 5.75 Å². The van der Waals surface area contributed by atoms with Gasteiger partial charge in [0.15, 0.2) is 5.75 Å². The first-order chi connectivity index (χ1) is 6.75. The Bertz CT molecular complexity index is 412. The fourth-order valence-electron chi connectivity index (χ4n) is 1.11. The molecule has 1 rings (SSSR count). The van der Waals surface area contributed by atoms with Crippen LogP contribution in [0.1, 0.15) is 21.6 Å². The number of hydrogen-bond acceptors (Lipinski definition) is 6. The summed E-state index contributed by atoms with van der Waals surface area (Å²) in [4.78, 5) is 41.6. The average molecular weight is 232 g/mol. The third-order valence-corrected chi connectivity index (χ3v) is 2.68. The molecular formula is C8H11NO5P+. The Morgan fingerprint density at radius 1 is 1.33 bits per heavy atom. The number of aryl methyl sites for hydroxylation is 2. The second-order valence-corrected chi connectivity index (χ2v) is 4.67. The number of carbonyl (C=O) groups is 1. The van der Waals surface area contributed by atoms with Crippen molar-refractivity contribution < 1.29 is 24.6 Å². The highest BCUT2D eigenvalue weighted by molar-refractivity contribution is 7.76. The van der Waals surface area contributed by atoms with Crippen molar-refractivity contribution in [1.29, 1.82) is 0 Å². The summed E-state index contributed by atoms with van der Waals surface area (Å²) >= 11 is 0. The Hall–Kier alpha value is -1.07. The van der Waals surface area contributed by atoms with Crippen molar-refractivity contribution in [2.45, 2.75) is 13.8 Å². The lowest BCUT2D eigenvalue weighted by molar-refractivity contribution is 0.102. The summed E-state index contributed by atoms with van der Waals surface area (Å²) in [6, 6.07) is 0. The first kappa shape index (κ1) is 12.0.